The summed E-state index contributed by atoms with van der Waals surface area (Å²) < 4.78 is 7.75. The molecule has 3 atom stereocenters. The number of hydrogen-bond acceptors (Lipinski definition) is 4. The van der Waals surface area contributed by atoms with E-state index >= 15 is 0 Å². The maximum absolute atomic E-state index is 13.3. The van der Waals surface area contributed by atoms with E-state index in [4.69, 9.17) is 4.74 Å². The summed E-state index contributed by atoms with van der Waals surface area (Å²) in [7, 11) is 0. The van der Waals surface area contributed by atoms with Crippen LogP contribution in [0.5, 0.6) is 0 Å². The molecule has 7 heteroatoms. The van der Waals surface area contributed by atoms with Gasteiger partial charge in [0.05, 0.1) is 12.3 Å². The summed E-state index contributed by atoms with van der Waals surface area (Å²) in [6.07, 6.45) is 8.23. The van der Waals surface area contributed by atoms with E-state index in [1.807, 2.05) is 39.8 Å². The summed E-state index contributed by atoms with van der Waals surface area (Å²) in [5, 5.41) is 6.03. The highest BCUT2D eigenvalue weighted by atomic mass is 16.6. The summed E-state index contributed by atoms with van der Waals surface area (Å²) in [6.45, 7) is 9.00. The van der Waals surface area contributed by atoms with Crippen molar-refractivity contribution in [3.8, 4) is 0 Å². The number of rotatable bonds is 6. The molecular weight excluding hydrogens is 442 g/mol. The van der Waals surface area contributed by atoms with Gasteiger partial charge in [0.25, 0.3) is 0 Å². The third kappa shape index (κ3) is 7.91. The quantitative estimate of drug-likeness (QED) is 0.468. The molecule has 7 nitrogen and oxygen atoms in total. The molecule has 0 saturated heterocycles. The first-order chi connectivity index (χ1) is 16.7. The Kier molecular flexibility index (Phi) is 9.47. The van der Waals surface area contributed by atoms with Gasteiger partial charge in [-0.2, -0.15) is 0 Å². The lowest BCUT2D eigenvalue weighted by atomic mass is 9.92. The Morgan fingerprint density at radius 1 is 1.17 bits per heavy atom. The Hall–Kier alpha value is -2.70. The molecule has 0 saturated carbocycles. The molecule has 0 aliphatic carbocycles. The molecule has 1 aromatic rings. The second-order valence-corrected chi connectivity index (χ2v) is 10.8. The van der Waals surface area contributed by atoms with Gasteiger partial charge in [0.1, 0.15) is 18.2 Å². The monoisotopic (exact) mass is 484 g/mol. The number of benzene rings is 1. The molecule has 3 rings (SSSR count). The van der Waals surface area contributed by atoms with Gasteiger partial charge >= 0.3 is 5.97 Å². The highest BCUT2D eigenvalue weighted by Crippen LogP contribution is 2.34. The number of amides is 2. The van der Waals surface area contributed by atoms with E-state index in [0.29, 0.717) is 19.4 Å². The molecule has 35 heavy (non-hydrogen) atoms. The minimum atomic E-state index is -0.671. The maximum Gasteiger partial charge on any atom is 0.307 e. The highest BCUT2D eigenvalue weighted by Gasteiger charge is 2.35. The zero-order valence-corrected chi connectivity index (χ0v) is 21.8. The predicted molar refractivity (Wildman–Crippen MR) is 137 cm³/mol. The number of ether oxygens (including phenoxy) is 1. The van der Waals surface area contributed by atoms with Crippen LogP contribution in [0.15, 0.2) is 24.3 Å². The number of fused-ring (bicyclic) bond motifs is 4. The van der Waals surface area contributed by atoms with Gasteiger partial charge in [-0.15, -0.1) is 0 Å². The first-order valence-corrected chi connectivity index (χ1v) is 13.2. The fourth-order valence-electron chi connectivity index (χ4n) is 4.95. The summed E-state index contributed by atoms with van der Waals surface area (Å²) in [4.78, 5) is 38.9. The van der Waals surface area contributed by atoms with Gasteiger partial charge < -0.3 is 15.4 Å². The van der Waals surface area contributed by atoms with E-state index in [-0.39, 0.29) is 30.1 Å². The molecule has 2 heterocycles. The predicted octanol–water partition coefficient (Wildman–Crippen LogP) is 4.21. The minimum absolute atomic E-state index is 0.0114. The average molecular weight is 485 g/mol. The topological polar surface area (TPSA) is 87.5 Å². The van der Waals surface area contributed by atoms with Gasteiger partial charge in [0, 0.05) is 30.5 Å². The summed E-state index contributed by atoms with van der Waals surface area (Å²) in [5.74, 6) is -1.29. The lowest BCUT2D eigenvalue weighted by Crippen LogP contribution is -2.49. The fraction of sp³-hybridized carbons (Fsp3) is 0.643. The molecule has 2 amide bonds. The summed E-state index contributed by atoms with van der Waals surface area (Å²) >= 11 is 0. The van der Waals surface area contributed by atoms with E-state index in [2.05, 4.69) is 33.6 Å². The largest absolute Gasteiger partial charge is 0.460 e. The fourth-order valence-corrected chi connectivity index (χ4v) is 4.95. The van der Waals surface area contributed by atoms with Crippen molar-refractivity contribution in [2.45, 2.75) is 96.6 Å². The maximum atomic E-state index is 13.3. The van der Waals surface area contributed by atoms with Crippen molar-refractivity contribution in [1.82, 2.24) is 10.6 Å². The van der Waals surface area contributed by atoms with Gasteiger partial charge in [-0.25, -0.2) is 4.58 Å². The number of esters is 1. The van der Waals surface area contributed by atoms with Gasteiger partial charge in [0.15, 0.2) is 6.21 Å². The number of nitrogens with zero attached hydrogens (tertiary/aromatic N) is 1. The Bertz CT molecular complexity index is 934. The summed E-state index contributed by atoms with van der Waals surface area (Å²) in [5.41, 5.74) is 1.78. The van der Waals surface area contributed by atoms with E-state index in [1.54, 1.807) is 0 Å². The Balaban J connectivity index is 1.78. The number of hydrogen-bond donors (Lipinski definition) is 2. The summed E-state index contributed by atoms with van der Waals surface area (Å²) in [6, 6.07) is 7.64. The van der Waals surface area contributed by atoms with E-state index in [9.17, 15) is 14.4 Å². The van der Waals surface area contributed by atoms with E-state index < -0.39 is 17.6 Å². The number of carbonyl (C=O) groups is 3. The minimum Gasteiger partial charge on any atom is -0.460 e. The van der Waals surface area contributed by atoms with Gasteiger partial charge in [0.2, 0.25) is 17.5 Å². The van der Waals surface area contributed by atoms with Gasteiger partial charge in [-0.1, -0.05) is 38.0 Å². The highest BCUT2D eigenvalue weighted by molar-refractivity contribution is 5.90. The normalized spacial score (nSPS) is 21.8. The first-order valence-electron chi connectivity index (χ1n) is 13.2. The van der Waals surface area contributed by atoms with Crippen molar-refractivity contribution in [3.05, 3.63) is 29.8 Å². The molecule has 2 bridgehead atoms. The zero-order valence-electron chi connectivity index (χ0n) is 21.8. The molecule has 0 fully saturated rings. The number of nitrogens with one attached hydrogen (secondary N) is 2. The van der Waals surface area contributed by atoms with Crippen LogP contribution < -0.4 is 10.6 Å². The van der Waals surface area contributed by atoms with Crippen LogP contribution in [-0.2, 0) is 19.1 Å². The van der Waals surface area contributed by atoms with Crippen molar-refractivity contribution < 1.29 is 23.7 Å². The second kappa shape index (κ2) is 12.3. The van der Waals surface area contributed by atoms with Crippen LogP contribution in [-0.4, -0.2) is 53.3 Å². The van der Waals surface area contributed by atoms with Crippen LogP contribution in [0.1, 0.15) is 90.5 Å². The van der Waals surface area contributed by atoms with Crippen LogP contribution in [0.3, 0.4) is 0 Å². The molecule has 1 unspecified atom stereocenters. The molecule has 2 aliphatic rings. The SMILES string of the molecule is CCC[C@H](CC(=O)OC(C)(C)C)C(=O)N[C@H]1CC2C=[N+](CCCCCCNC1=O)c1ccccc12. The van der Waals surface area contributed by atoms with Crippen LogP contribution in [0.4, 0.5) is 5.69 Å². The van der Waals surface area contributed by atoms with E-state index in [0.717, 1.165) is 38.6 Å². The average Bonchev–Trinajstić information content (AvgIpc) is 3.13. The first kappa shape index (κ1) is 26.9. The zero-order chi connectivity index (χ0) is 25.4. The molecule has 2 aliphatic heterocycles. The molecule has 192 valence electrons. The van der Waals surface area contributed by atoms with Gasteiger partial charge in [-0.05, 0) is 46.5 Å². The van der Waals surface area contributed by atoms with Crippen molar-refractivity contribution in [3.63, 3.8) is 0 Å². The van der Waals surface area contributed by atoms with Crippen molar-refractivity contribution in [2.75, 3.05) is 13.1 Å². The van der Waals surface area contributed by atoms with Crippen LogP contribution in [0.25, 0.3) is 0 Å². The van der Waals surface area contributed by atoms with Crippen LogP contribution >= 0.6 is 0 Å². The Morgan fingerprint density at radius 3 is 2.66 bits per heavy atom. The van der Waals surface area contributed by atoms with Crippen LogP contribution in [0.2, 0.25) is 0 Å². The molecule has 0 spiro atoms. The van der Waals surface area contributed by atoms with E-state index in [1.165, 1.54) is 11.3 Å². The standard InChI is InChI=1S/C28H41N3O4/c1-5-12-20(18-25(32)35-28(2,3)4)26(33)30-23-17-21-19-31(24-14-9-8-13-22(21)24)16-11-7-6-10-15-29-27(23)34/h8-9,13-14,19-21,23H,5-7,10-12,15-18H2,1-4H3,(H-,29,30,33,34)/p+1/t20-,21?,23+/m1/s1. The second-order valence-electron chi connectivity index (χ2n) is 10.8. The molecule has 2 N–H and O–H groups in total. The molecule has 0 radical (unpaired) electrons. The van der Waals surface area contributed by atoms with Crippen molar-refractivity contribution in [1.29, 1.82) is 0 Å². The van der Waals surface area contributed by atoms with Gasteiger partial charge in [-0.3, -0.25) is 14.4 Å². The number of carbonyl (C=O) groups excluding carboxylic acids is 3. The van der Waals surface area contributed by atoms with Crippen molar-refractivity contribution >= 4 is 29.7 Å². The molecule has 0 aromatic heterocycles. The number of para-hydroxylation sites is 1. The molecular formula is C28H42N3O4+. The third-order valence-corrected chi connectivity index (χ3v) is 6.59. The Labute approximate surface area is 209 Å². The third-order valence-electron chi connectivity index (χ3n) is 6.59. The lowest BCUT2D eigenvalue weighted by molar-refractivity contribution is -0.433. The van der Waals surface area contributed by atoms with Crippen molar-refractivity contribution in [2.24, 2.45) is 5.92 Å². The molecule has 1 aromatic carbocycles. The Morgan fingerprint density at radius 2 is 1.91 bits per heavy atom. The lowest BCUT2D eigenvalue weighted by Gasteiger charge is -2.24. The smallest absolute Gasteiger partial charge is 0.307 e. The van der Waals surface area contributed by atoms with Crippen LogP contribution in [0, 0.1) is 5.92 Å².